The zero-order valence-electron chi connectivity index (χ0n) is 11.5. The van der Waals surface area contributed by atoms with Gasteiger partial charge in [0.1, 0.15) is 11.3 Å². The zero-order chi connectivity index (χ0) is 14.4. The number of hydrogen-bond donors (Lipinski definition) is 0. The third-order valence-electron chi connectivity index (χ3n) is 2.39. The van der Waals surface area contributed by atoms with Crippen LogP contribution in [0.4, 0.5) is 0 Å². The standard InChI is InChI=1S/C14H17NO4/c1-15(2)9-12(14(17)19-4)13(16)10-5-7-11(18-3)8-6-10/h5-9H,1-4H3/b12-9-. The normalized spacial score (nSPS) is 10.8. The summed E-state index contributed by atoms with van der Waals surface area (Å²) in [6.07, 6.45) is 1.44. The number of hydrogen-bond acceptors (Lipinski definition) is 5. The van der Waals surface area contributed by atoms with E-state index in [-0.39, 0.29) is 11.4 Å². The van der Waals surface area contributed by atoms with Gasteiger partial charge >= 0.3 is 5.97 Å². The lowest BCUT2D eigenvalue weighted by Crippen LogP contribution is -2.18. The number of benzene rings is 1. The largest absolute Gasteiger partial charge is 0.497 e. The Kier molecular flexibility index (Phi) is 5.11. The minimum absolute atomic E-state index is 0.0160. The van der Waals surface area contributed by atoms with Crippen molar-refractivity contribution in [2.24, 2.45) is 0 Å². The Morgan fingerprint density at radius 1 is 1.11 bits per heavy atom. The molecule has 0 unspecified atom stereocenters. The molecule has 0 spiro atoms. The summed E-state index contributed by atoms with van der Waals surface area (Å²) in [7, 11) is 6.24. The van der Waals surface area contributed by atoms with Gasteiger partial charge < -0.3 is 14.4 Å². The molecule has 102 valence electrons. The summed E-state index contributed by atoms with van der Waals surface area (Å²) >= 11 is 0. The summed E-state index contributed by atoms with van der Waals surface area (Å²) in [6, 6.07) is 6.54. The molecule has 1 aromatic carbocycles. The maximum Gasteiger partial charge on any atom is 0.343 e. The zero-order valence-corrected chi connectivity index (χ0v) is 11.5. The van der Waals surface area contributed by atoms with E-state index in [1.165, 1.54) is 13.3 Å². The highest BCUT2D eigenvalue weighted by molar-refractivity contribution is 6.24. The number of ether oxygens (including phenoxy) is 2. The molecule has 0 N–H and O–H groups in total. The molecule has 0 aliphatic rings. The van der Waals surface area contributed by atoms with E-state index in [1.54, 1.807) is 50.4 Å². The molecule has 0 fully saturated rings. The van der Waals surface area contributed by atoms with Crippen molar-refractivity contribution in [3.8, 4) is 5.75 Å². The number of carbonyl (C=O) groups excluding carboxylic acids is 2. The molecule has 0 heterocycles. The van der Waals surface area contributed by atoms with Crippen LogP contribution in [0.3, 0.4) is 0 Å². The van der Waals surface area contributed by atoms with Crippen LogP contribution in [0.1, 0.15) is 10.4 Å². The third-order valence-corrected chi connectivity index (χ3v) is 2.39. The van der Waals surface area contributed by atoms with Gasteiger partial charge in [0.2, 0.25) is 5.78 Å². The Morgan fingerprint density at radius 3 is 2.11 bits per heavy atom. The lowest BCUT2D eigenvalue weighted by Gasteiger charge is -2.10. The molecule has 5 heteroatoms. The highest BCUT2D eigenvalue weighted by atomic mass is 16.5. The molecule has 0 aliphatic carbocycles. The van der Waals surface area contributed by atoms with Crippen LogP contribution in [0.5, 0.6) is 5.75 Å². The van der Waals surface area contributed by atoms with E-state index in [1.807, 2.05) is 0 Å². The highest BCUT2D eigenvalue weighted by Gasteiger charge is 2.21. The van der Waals surface area contributed by atoms with Crippen molar-refractivity contribution in [2.45, 2.75) is 0 Å². The Bertz CT molecular complexity index is 489. The van der Waals surface area contributed by atoms with Crippen LogP contribution < -0.4 is 4.74 Å². The summed E-state index contributed by atoms with van der Waals surface area (Å²) in [4.78, 5) is 25.5. The number of ketones is 1. The van der Waals surface area contributed by atoms with Crippen molar-refractivity contribution >= 4 is 11.8 Å². The van der Waals surface area contributed by atoms with Gasteiger partial charge in [-0.3, -0.25) is 4.79 Å². The molecule has 0 saturated carbocycles. The van der Waals surface area contributed by atoms with Crippen molar-refractivity contribution in [3.05, 3.63) is 41.6 Å². The summed E-state index contributed by atoms with van der Waals surface area (Å²) < 4.78 is 9.64. The summed E-state index contributed by atoms with van der Waals surface area (Å²) in [6.45, 7) is 0. The summed E-state index contributed by atoms with van der Waals surface area (Å²) in [5.74, 6) is -0.398. The molecule has 0 atom stereocenters. The lowest BCUT2D eigenvalue weighted by molar-refractivity contribution is -0.135. The Balaban J connectivity index is 3.08. The fourth-order valence-corrected chi connectivity index (χ4v) is 1.47. The van der Waals surface area contributed by atoms with Gasteiger partial charge in [0.05, 0.1) is 14.2 Å². The predicted octanol–water partition coefficient (Wildman–Crippen LogP) is 1.50. The first-order chi connectivity index (χ1) is 8.99. The quantitative estimate of drug-likeness (QED) is 0.265. The average Bonchev–Trinajstić information content (AvgIpc) is 2.43. The maximum atomic E-state index is 12.2. The smallest absolute Gasteiger partial charge is 0.343 e. The molecule has 5 nitrogen and oxygen atoms in total. The van der Waals surface area contributed by atoms with Crippen molar-refractivity contribution in [1.29, 1.82) is 0 Å². The molecule has 1 rings (SSSR count). The number of carbonyl (C=O) groups is 2. The number of Topliss-reactive ketones (excluding diaryl/α,β-unsaturated/α-hetero) is 1. The van der Waals surface area contributed by atoms with Crippen molar-refractivity contribution in [3.63, 3.8) is 0 Å². The fraction of sp³-hybridized carbons (Fsp3) is 0.286. The van der Waals surface area contributed by atoms with Crippen LogP contribution in [0.2, 0.25) is 0 Å². The molecule has 0 aliphatic heterocycles. The van der Waals surface area contributed by atoms with Crippen LogP contribution in [0.25, 0.3) is 0 Å². The van der Waals surface area contributed by atoms with Gasteiger partial charge in [-0.2, -0.15) is 0 Å². The Morgan fingerprint density at radius 2 is 1.68 bits per heavy atom. The molecular weight excluding hydrogens is 246 g/mol. The van der Waals surface area contributed by atoms with E-state index < -0.39 is 5.97 Å². The van der Waals surface area contributed by atoms with Crippen molar-refractivity contribution in [2.75, 3.05) is 28.3 Å². The average molecular weight is 263 g/mol. The van der Waals surface area contributed by atoms with Crippen LogP contribution in [0, 0.1) is 0 Å². The third kappa shape index (κ3) is 3.84. The summed E-state index contributed by atoms with van der Waals surface area (Å²) in [5, 5.41) is 0. The fourth-order valence-electron chi connectivity index (χ4n) is 1.47. The minimum Gasteiger partial charge on any atom is -0.497 e. The molecule has 0 aromatic heterocycles. The number of esters is 1. The second-order valence-corrected chi connectivity index (χ2v) is 4.06. The van der Waals surface area contributed by atoms with Gasteiger partial charge in [0.25, 0.3) is 0 Å². The molecule has 1 aromatic rings. The van der Waals surface area contributed by atoms with E-state index in [9.17, 15) is 9.59 Å². The first-order valence-corrected chi connectivity index (χ1v) is 5.65. The van der Waals surface area contributed by atoms with Gasteiger partial charge in [0.15, 0.2) is 0 Å². The minimum atomic E-state index is -0.658. The SMILES string of the molecule is COC(=O)/C(=C\N(C)C)C(=O)c1ccc(OC)cc1. The number of methoxy groups -OCH3 is 2. The topological polar surface area (TPSA) is 55.8 Å². The van der Waals surface area contributed by atoms with E-state index in [0.717, 1.165) is 0 Å². The summed E-state index contributed by atoms with van der Waals surface area (Å²) in [5.41, 5.74) is 0.386. The van der Waals surface area contributed by atoms with Gasteiger partial charge in [0, 0.05) is 25.9 Å². The Hall–Kier alpha value is -2.30. The van der Waals surface area contributed by atoms with Crippen molar-refractivity contribution in [1.82, 2.24) is 4.90 Å². The van der Waals surface area contributed by atoms with E-state index in [0.29, 0.717) is 11.3 Å². The van der Waals surface area contributed by atoms with Crippen LogP contribution >= 0.6 is 0 Å². The molecule has 0 saturated heterocycles. The first-order valence-electron chi connectivity index (χ1n) is 5.65. The lowest BCUT2D eigenvalue weighted by atomic mass is 10.0. The molecular formula is C14H17NO4. The van der Waals surface area contributed by atoms with Gasteiger partial charge in [-0.05, 0) is 24.3 Å². The number of rotatable bonds is 5. The predicted molar refractivity (Wildman–Crippen MR) is 71.1 cm³/mol. The molecule has 0 radical (unpaired) electrons. The maximum absolute atomic E-state index is 12.2. The monoisotopic (exact) mass is 263 g/mol. The first kappa shape index (κ1) is 14.8. The Labute approximate surface area is 112 Å². The number of nitrogens with zero attached hydrogens (tertiary/aromatic N) is 1. The van der Waals surface area contributed by atoms with E-state index in [4.69, 9.17) is 4.74 Å². The van der Waals surface area contributed by atoms with E-state index >= 15 is 0 Å². The van der Waals surface area contributed by atoms with Crippen LogP contribution in [-0.4, -0.2) is 45.0 Å². The second kappa shape index (κ2) is 6.58. The molecule has 19 heavy (non-hydrogen) atoms. The second-order valence-electron chi connectivity index (χ2n) is 4.06. The molecule has 0 bridgehead atoms. The van der Waals surface area contributed by atoms with Crippen LogP contribution in [-0.2, 0) is 9.53 Å². The van der Waals surface area contributed by atoms with Gasteiger partial charge in [-0.25, -0.2) is 4.79 Å². The van der Waals surface area contributed by atoms with Crippen LogP contribution in [0.15, 0.2) is 36.0 Å². The van der Waals surface area contributed by atoms with Gasteiger partial charge in [-0.15, -0.1) is 0 Å². The molecule has 0 amide bonds. The van der Waals surface area contributed by atoms with E-state index in [2.05, 4.69) is 4.74 Å². The van der Waals surface area contributed by atoms with Crippen molar-refractivity contribution < 1.29 is 19.1 Å². The highest BCUT2D eigenvalue weighted by Crippen LogP contribution is 2.15. The van der Waals surface area contributed by atoms with Gasteiger partial charge in [-0.1, -0.05) is 0 Å².